The van der Waals surface area contributed by atoms with Gasteiger partial charge in [-0.25, -0.2) is 0 Å². The van der Waals surface area contributed by atoms with E-state index in [1.54, 1.807) is 6.07 Å². The first-order valence-electron chi connectivity index (χ1n) is 8.61. The molecule has 24 heavy (non-hydrogen) atoms. The summed E-state index contributed by atoms with van der Waals surface area (Å²) in [7, 11) is 0. The van der Waals surface area contributed by atoms with Crippen LogP contribution in [0.25, 0.3) is 0 Å². The van der Waals surface area contributed by atoms with Crippen molar-refractivity contribution in [2.75, 3.05) is 18.4 Å². The van der Waals surface area contributed by atoms with Crippen molar-refractivity contribution in [3.05, 3.63) is 47.8 Å². The van der Waals surface area contributed by atoms with E-state index in [0.29, 0.717) is 11.7 Å². The third kappa shape index (κ3) is 3.85. The van der Waals surface area contributed by atoms with Crippen LogP contribution in [0.5, 0.6) is 0 Å². The highest BCUT2D eigenvalue weighted by atomic mass is 16.1. The van der Waals surface area contributed by atoms with Crippen LogP contribution in [0.4, 0.5) is 5.69 Å². The molecule has 1 atom stereocenters. The maximum absolute atomic E-state index is 12.4. The summed E-state index contributed by atoms with van der Waals surface area (Å²) >= 11 is 0. The molecule has 0 saturated carbocycles. The summed E-state index contributed by atoms with van der Waals surface area (Å²) in [4.78, 5) is 12.4. The molecule has 1 unspecified atom stereocenters. The van der Waals surface area contributed by atoms with Crippen molar-refractivity contribution in [1.82, 2.24) is 15.1 Å². The van der Waals surface area contributed by atoms with Gasteiger partial charge in [-0.15, -0.1) is 0 Å². The van der Waals surface area contributed by atoms with E-state index in [0.717, 1.165) is 31.6 Å². The number of rotatable bonds is 3. The van der Waals surface area contributed by atoms with Crippen LogP contribution in [-0.4, -0.2) is 28.8 Å². The minimum Gasteiger partial charge on any atom is -0.321 e. The standard InChI is InChI=1S/C19H26N4O/c1-19(2,3)14-6-8-15(9-7-14)21-18(24)17-10-12-23(22-17)16-5-4-11-20-13-16/h6-10,12,16,20H,4-5,11,13H2,1-3H3,(H,21,24). The number of benzene rings is 1. The minimum atomic E-state index is -0.166. The average molecular weight is 326 g/mol. The minimum absolute atomic E-state index is 0.106. The van der Waals surface area contributed by atoms with Crippen molar-refractivity contribution in [2.45, 2.75) is 45.1 Å². The van der Waals surface area contributed by atoms with Crippen molar-refractivity contribution in [3.63, 3.8) is 0 Å². The molecule has 5 nitrogen and oxygen atoms in total. The molecule has 0 bridgehead atoms. The van der Waals surface area contributed by atoms with Crippen LogP contribution in [0, 0.1) is 0 Å². The van der Waals surface area contributed by atoms with Gasteiger partial charge in [0.25, 0.3) is 5.91 Å². The molecule has 3 rings (SSSR count). The zero-order chi connectivity index (χ0) is 17.2. The Hall–Kier alpha value is -2.14. The molecule has 1 aliphatic rings. The van der Waals surface area contributed by atoms with Crippen LogP contribution in [0.15, 0.2) is 36.5 Å². The zero-order valence-electron chi connectivity index (χ0n) is 14.7. The largest absolute Gasteiger partial charge is 0.321 e. The number of hydrogen-bond acceptors (Lipinski definition) is 3. The predicted octanol–water partition coefficient (Wildman–Crippen LogP) is 3.36. The smallest absolute Gasteiger partial charge is 0.276 e. The first-order chi connectivity index (χ1) is 11.4. The Morgan fingerprint density at radius 3 is 2.62 bits per heavy atom. The lowest BCUT2D eigenvalue weighted by Crippen LogP contribution is -2.32. The van der Waals surface area contributed by atoms with Gasteiger partial charge >= 0.3 is 0 Å². The lowest BCUT2D eigenvalue weighted by Gasteiger charge is -2.22. The first-order valence-corrected chi connectivity index (χ1v) is 8.61. The third-order valence-electron chi connectivity index (χ3n) is 4.49. The second-order valence-corrected chi connectivity index (χ2v) is 7.46. The fourth-order valence-corrected chi connectivity index (χ4v) is 2.97. The van der Waals surface area contributed by atoms with E-state index in [4.69, 9.17) is 0 Å². The summed E-state index contributed by atoms with van der Waals surface area (Å²) < 4.78 is 1.91. The lowest BCUT2D eigenvalue weighted by molar-refractivity contribution is 0.102. The molecule has 2 aromatic rings. The first kappa shape index (κ1) is 16.7. The van der Waals surface area contributed by atoms with Gasteiger partial charge in [0.05, 0.1) is 6.04 Å². The van der Waals surface area contributed by atoms with E-state index >= 15 is 0 Å². The Morgan fingerprint density at radius 2 is 2.00 bits per heavy atom. The maximum Gasteiger partial charge on any atom is 0.276 e. The number of nitrogens with zero attached hydrogens (tertiary/aromatic N) is 2. The molecular weight excluding hydrogens is 300 g/mol. The van der Waals surface area contributed by atoms with Crippen molar-refractivity contribution in [1.29, 1.82) is 0 Å². The van der Waals surface area contributed by atoms with Gasteiger partial charge in [0.15, 0.2) is 5.69 Å². The highest BCUT2D eigenvalue weighted by Crippen LogP contribution is 2.23. The molecular formula is C19H26N4O. The van der Waals surface area contributed by atoms with Crippen molar-refractivity contribution in [2.24, 2.45) is 0 Å². The van der Waals surface area contributed by atoms with Gasteiger partial charge in [-0.1, -0.05) is 32.9 Å². The third-order valence-corrected chi connectivity index (χ3v) is 4.49. The van der Waals surface area contributed by atoms with Gasteiger partial charge in [-0.3, -0.25) is 9.48 Å². The molecule has 2 N–H and O–H groups in total. The summed E-state index contributed by atoms with van der Waals surface area (Å²) in [5.74, 6) is -0.166. The molecule has 0 aliphatic carbocycles. The molecule has 1 fully saturated rings. The van der Waals surface area contributed by atoms with Crippen LogP contribution < -0.4 is 10.6 Å². The van der Waals surface area contributed by atoms with E-state index in [1.165, 1.54) is 5.56 Å². The molecule has 0 spiro atoms. The molecule has 5 heteroatoms. The number of amides is 1. The van der Waals surface area contributed by atoms with Crippen LogP contribution in [0.3, 0.4) is 0 Å². The quantitative estimate of drug-likeness (QED) is 0.909. The number of carbonyl (C=O) groups excluding carboxylic acids is 1. The Morgan fingerprint density at radius 1 is 1.25 bits per heavy atom. The average Bonchev–Trinajstić information content (AvgIpc) is 3.05. The molecule has 128 valence electrons. The van der Waals surface area contributed by atoms with Crippen molar-refractivity contribution < 1.29 is 4.79 Å². The maximum atomic E-state index is 12.4. The van der Waals surface area contributed by atoms with E-state index in [9.17, 15) is 4.79 Å². The Bertz CT molecular complexity index is 691. The second-order valence-electron chi connectivity index (χ2n) is 7.46. The topological polar surface area (TPSA) is 59.0 Å². The Kier molecular flexibility index (Phi) is 4.71. The SMILES string of the molecule is CC(C)(C)c1ccc(NC(=O)c2ccn(C3CCCNC3)n2)cc1. The highest BCUT2D eigenvalue weighted by molar-refractivity contribution is 6.02. The van der Waals surface area contributed by atoms with Crippen LogP contribution in [-0.2, 0) is 5.41 Å². The zero-order valence-corrected chi connectivity index (χ0v) is 14.7. The van der Waals surface area contributed by atoms with Gasteiger partial charge in [0.1, 0.15) is 0 Å². The molecule has 1 aromatic carbocycles. The second kappa shape index (κ2) is 6.77. The Labute approximate surface area is 143 Å². The normalized spacial score (nSPS) is 18.4. The molecule has 1 amide bonds. The van der Waals surface area contributed by atoms with E-state index < -0.39 is 0 Å². The van der Waals surface area contributed by atoms with Crippen molar-refractivity contribution >= 4 is 11.6 Å². The van der Waals surface area contributed by atoms with Gasteiger partial charge in [-0.05, 0) is 48.6 Å². The molecule has 1 aliphatic heterocycles. The fourth-order valence-electron chi connectivity index (χ4n) is 2.97. The van der Waals surface area contributed by atoms with Crippen molar-refractivity contribution in [3.8, 4) is 0 Å². The van der Waals surface area contributed by atoms with Gasteiger partial charge in [-0.2, -0.15) is 5.10 Å². The summed E-state index contributed by atoms with van der Waals surface area (Å²) in [6, 6.07) is 10.1. The number of aromatic nitrogens is 2. The summed E-state index contributed by atoms with van der Waals surface area (Å²) in [6.07, 6.45) is 4.14. The summed E-state index contributed by atoms with van der Waals surface area (Å²) in [5.41, 5.74) is 2.60. The van der Waals surface area contributed by atoms with Gasteiger partial charge in [0.2, 0.25) is 0 Å². The molecule has 1 aromatic heterocycles. The lowest BCUT2D eigenvalue weighted by atomic mass is 9.87. The van der Waals surface area contributed by atoms with E-state index in [2.05, 4.69) is 48.6 Å². The molecule has 1 saturated heterocycles. The molecule has 0 radical (unpaired) electrons. The monoisotopic (exact) mass is 326 g/mol. The van der Waals surface area contributed by atoms with Gasteiger partial charge in [0, 0.05) is 18.4 Å². The van der Waals surface area contributed by atoms with Crippen LogP contribution in [0.1, 0.15) is 55.7 Å². The van der Waals surface area contributed by atoms with Crippen LogP contribution in [0.2, 0.25) is 0 Å². The number of nitrogens with one attached hydrogen (secondary N) is 2. The van der Waals surface area contributed by atoms with E-state index in [1.807, 2.05) is 23.0 Å². The predicted molar refractivity (Wildman–Crippen MR) is 96.5 cm³/mol. The number of anilines is 1. The van der Waals surface area contributed by atoms with E-state index in [-0.39, 0.29) is 11.3 Å². The summed E-state index contributed by atoms with van der Waals surface area (Å²) in [6.45, 7) is 8.50. The number of hydrogen-bond donors (Lipinski definition) is 2. The number of carbonyl (C=O) groups is 1. The fraction of sp³-hybridized carbons (Fsp3) is 0.474. The Balaban J connectivity index is 1.65. The number of piperidine rings is 1. The molecule has 2 heterocycles. The van der Waals surface area contributed by atoms with Crippen LogP contribution >= 0.6 is 0 Å². The van der Waals surface area contributed by atoms with Gasteiger partial charge < -0.3 is 10.6 Å². The highest BCUT2D eigenvalue weighted by Gasteiger charge is 2.18. The summed E-state index contributed by atoms with van der Waals surface area (Å²) in [5, 5.41) is 10.7.